The summed E-state index contributed by atoms with van der Waals surface area (Å²) < 4.78 is 30.0. The number of carbonyl (C=O) groups excluding carboxylic acids is 1. The van der Waals surface area contributed by atoms with Crippen molar-refractivity contribution in [3.63, 3.8) is 0 Å². The van der Waals surface area contributed by atoms with E-state index in [2.05, 4.69) is 58.0 Å². The van der Waals surface area contributed by atoms with Gasteiger partial charge in [-0.3, -0.25) is 4.79 Å². The van der Waals surface area contributed by atoms with Crippen molar-refractivity contribution in [2.24, 2.45) is 5.92 Å². The molecule has 1 saturated heterocycles. The molecule has 9 nitrogen and oxygen atoms in total. The van der Waals surface area contributed by atoms with E-state index >= 15 is 0 Å². The number of carbonyl (C=O) groups is 1. The maximum Gasteiger partial charge on any atom is 0.246 e. The topological polar surface area (TPSA) is 90.5 Å². The number of hydrogen-bond donors (Lipinski definition) is 2. The van der Waals surface area contributed by atoms with Crippen molar-refractivity contribution < 1.29 is 28.5 Å². The molecule has 0 aromatic heterocycles. The number of rotatable bonds is 16. The van der Waals surface area contributed by atoms with Gasteiger partial charge in [0.15, 0.2) is 0 Å². The molecule has 5 rings (SSSR count). The molecule has 3 aliphatic rings. The highest BCUT2D eigenvalue weighted by Gasteiger charge is 2.37. The molecule has 9 heteroatoms. The summed E-state index contributed by atoms with van der Waals surface area (Å²) in [5.74, 6) is 1.42. The Kier molecular flexibility index (Phi) is 11.7. The summed E-state index contributed by atoms with van der Waals surface area (Å²) in [6.07, 6.45) is 4.12. The van der Waals surface area contributed by atoms with Crippen LogP contribution in [0.15, 0.2) is 42.5 Å². The molecular formula is C34H49N3O6. The van der Waals surface area contributed by atoms with Crippen LogP contribution in [0.25, 0.3) is 0 Å². The lowest BCUT2D eigenvalue weighted by Gasteiger charge is -2.39. The fourth-order valence-electron chi connectivity index (χ4n) is 6.26. The van der Waals surface area contributed by atoms with Gasteiger partial charge >= 0.3 is 0 Å². The van der Waals surface area contributed by atoms with Crippen molar-refractivity contribution in [2.75, 3.05) is 71.7 Å². The van der Waals surface area contributed by atoms with E-state index in [9.17, 15) is 4.79 Å². The molecule has 1 aliphatic carbocycles. The van der Waals surface area contributed by atoms with Gasteiger partial charge in [0.25, 0.3) is 0 Å². The lowest BCUT2D eigenvalue weighted by molar-refractivity contribution is -0.130. The molecule has 1 unspecified atom stereocenters. The van der Waals surface area contributed by atoms with Gasteiger partial charge < -0.3 is 39.2 Å². The number of piperidine rings is 1. The minimum Gasteiger partial charge on any atom is -0.490 e. The van der Waals surface area contributed by atoms with E-state index in [4.69, 9.17) is 23.7 Å². The summed E-state index contributed by atoms with van der Waals surface area (Å²) >= 11 is 0. The first-order chi connectivity index (χ1) is 21.1. The zero-order chi connectivity index (χ0) is 30.0. The van der Waals surface area contributed by atoms with Gasteiger partial charge in [0, 0.05) is 52.9 Å². The van der Waals surface area contributed by atoms with Gasteiger partial charge in [0.1, 0.15) is 19.0 Å². The van der Waals surface area contributed by atoms with Gasteiger partial charge in [-0.1, -0.05) is 37.3 Å². The fourth-order valence-corrected chi connectivity index (χ4v) is 6.26. The molecule has 2 aromatic carbocycles. The van der Waals surface area contributed by atoms with E-state index in [-0.39, 0.29) is 36.7 Å². The standard InChI is InChI=1S/C34H49N3O6/c1-4-14-36-32(38)23-43-31-21-35-20-30(33(31)25-7-9-26(10-8-25)34(40-3)27-11-12-27)42-22-24-6-13-29-28(19-24)37(16-18-41-29)15-5-17-39-2/h6-10,13,19,27,30-31,33-35H,4-5,11-12,14-18,20-23H2,1-3H3,(H,36,38)/t30-,31+,33+,34?/m0/s1. The monoisotopic (exact) mass is 595 g/mol. The number of anilines is 1. The van der Waals surface area contributed by atoms with Crippen LogP contribution >= 0.6 is 0 Å². The van der Waals surface area contributed by atoms with Crippen molar-refractivity contribution in [2.45, 2.75) is 63.4 Å². The highest BCUT2D eigenvalue weighted by Crippen LogP contribution is 2.43. The van der Waals surface area contributed by atoms with E-state index in [1.165, 1.54) is 18.4 Å². The summed E-state index contributed by atoms with van der Waals surface area (Å²) in [5, 5.41) is 6.41. The van der Waals surface area contributed by atoms with E-state index in [0.717, 1.165) is 55.1 Å². The third-order valence-electron chi connectivity index (χ3n) is 8.67. The van der Waals surface area contributed by atoms with E-state index in [1.807, 2.05) is 6.92 Å². The second-order valence-electron chi connectivity index (χ2n) is 11.9. The Morgan fingerprint density at radius 1 is 1.09 bits per heavy atom. The molecule has 43 heavy (non-hydrogen) atoms. The lowest BCUT2D eigenvalue weighted by Crippen LogP contribution is -2.51. The quantitative estimate of drug-likeness (QED) is 0.279. The molecule has 1 amide bonds. The second kappa shape index (κ2) is 15.9. The van der Waals surface area contributed by atoms with Crippen LogP contribution in [0.4, 0.5) is 5.69 Å². The number of hydrogen-bond acceptors (Lipinski definition) is 8. The van der Waals surface area contributed by atoms with Gasteiger partial charge in [-0.15, -0.1) is 0 Å². The van der Waals surface area contributed by atoms with Gasteiger partial charge in [0.2, 0.25) is 5.91 Å². The van der Waals surface area contributed by atoms with E-state index in [0.29, 0.717) is 38.8 Å². The second-order valence-corrected chi connectivity index (χ2v) is 11.9. The SMILES string of the molecule is CCCNC(=O)CO[C@@H]1CNC[C@H](OCc2ccc3c(c2)N(CCCOC)CCO3)[C@H]1c1ccc(C(OC)C2CC2)cc1. The number of amides is 1. The third-order valence-corrected chi connectivity index (χ3v) is 8.67. The van der Waals surface area contributed by atoms with Crippen molar-refractivity contribution >= 4 is 11.6 Å². The Morgan fingerprint density at radius 2 is 1.88 bits per heavy atom. The zero-order valence-electron chi connectivity index (χ0n) is 26.0. The lowest BCUT2D eigenvalue weighted by atomic mass is 9.84. The van der Waals surface area contributed by atoms with Crippen LogP contribution in [0.3, 0.4) is 0 Å². The van der Waals surface area contributed by atoms with E-state index in [1.54, 1.807) is 14.2 Å². The van der Waals surface area contributed by atoms with Crippen LogP contribution in [0.1, 0.15) is 61.3 Å². The summed E-state index contributed by atoms with van der Waals surface area (Å²) in [7, 11) is 3.54. The molecule has 2 aromatic rings. The first-order valence-electron chi connectivity index (χ1n) is 15.9. The highest BCUT2D eigenvalue weighted by atomic mass is 16.5. The minimum atomic E-state index is -0.202. The first kappa shape index (κ1) is 31.7. The molecule has 0 radical (unpaired) electrons. The third kappa shape index (κ3) is 8.48. The maximum absolute atomic E-state index is 12.4. The number of fused-ring (bicyclic) bond motifs is 1. The van der Waals surface area contributed by atoms with Crippen LogP contribution in [-0.4, -0.2) is 84.9 Å². The predicted octanol–water partition coefficient (Wildman–Crippen LogP) is 4.20. The molecule has 2 N–H and O–H groups in total. The summed E-state index contributed by atoms with van der Waals surface area (Å²) in [5.41, 5.74) is 4.58. The van der Waals surface area contributed by atoms with Gasteiger partial charge in [-0.05, 0) is 60.4 Å². The Labute approximate surface area is 256 Å². The van der Waals surface area contributed by atoms with Crippen molar-refractivity contribution in [1.29, 1.82) is 0 Å². The smallest absolute Gasteiger partial charge is 0.246 e. The first-order valence-corrected chi connectivity index (χ1v) is 15.9. The molecule has 236 valence electrons. The van der Waals surface area contributed by atoms with Crippen molar-refractivity contribution in [3.8, 4) is 5.75 Å². The van der Waals surface area contributed by atoms with Crippen LogP contribution in [0.2, 0.25) is 0 Å². The van der Waals surface area contributed by atoms with Crippen molar-refractivity contribution in [1.82, 2.24) is 10.6 Å². The number of benzene rings is 2. The summed E-state index contributed by atoms with van der Waals surface area (Å²) in [6, 6.07) is 15.1. The molecule has 0 spiro atoms. The minimum absolute atomic E-state index is 0.0253. The highest BCUT2D eigenvalue weighted by molar-refractivity contribution is 5.77. The summed E-state index contributed by atoms with van der Waals surface area (Å²) in [4.78, 5) is 14.8. The molecule has 4 atom stereocenters. The van der Waals surface area contributed by atoms with Crippen LogP contribution < -0.4 is 20.3 Å². The molecule has 2 heterocycles. The molecule has 2 aliphatic heterocycles. The summed E-state index contributed by atoms with van der Waals surface area (Å²) in [6.45, 7) is 7.77. The average molecular weight is 596 g/mol. The largest absolute Gasteiger partial charge is 0.490 e. The molecule has 2 fully saturated rings. The average Bonchev–Trinajstić information content (AvgIpc) is 3.88. The number of methoxy groups -OCH3 is 2. The Balaban J connectivity index is 1.31. The van der Waals surface area contributed by atoms with Crippen molar-refractivity contribution in [3.05, 3.63) is 59.2 Å². The van der Waals surface area contributed by atoms with Crippen LogP contribution in [0.5, 0.6) is 5.75 Å². The fraction of sp³-hybridized carbons (Fsp3) is 0.618. The van der Waals surface area contributed by atoms with Crippen LogP contribution in [-0.2, 0) is 30.3 Å². The van der Waals surface area contributed by atoms with Crippen LogP contribution in [0, 0.1) is 5.92 Å². The normalized spacial score (nSPS) is 22.5. The predicted molar refractivity (Wildman–Crippen MR) is 167 cm³/mol. The number of nitrogens with zero attached hydrogens (tertiary/aromatic N) is 1. The Bertz CT molecular complexity index is 1160. The Morgan fingerprint density at radius 3 is 2.60 bits per heavy atom. The molecular weight excluding hydrogens is 546 g/mol. The Hall–Kier alpha value is -2.69. The van der Waals surface area contributed by atoms with Gasteiger partial charge in [-0.2, -0.15) is 0 Å². The maximum atomic E-state index is 12.4. The van der Waals surface area contributed by atoms with E-state index < -0.39 is 0 Å². The molecule has 1 saturated carbocycles. The molecule has 0 bridgehead atoms. The number of ether oxygens (including phenoxy) is 5. The number of nitrogens with one attached hydrogen (secondary N) is 2. The van der Waals surface area contributed by atoms with Gasteiger partial charge in [0.05, 0.1) is 37.2 Å². The van der Waals surface area contributed by atoms with Gasteiger partial charge in [-0.25, -0.2) is 0 Å². The zero-order valence-corrected chi connectivity index (χ0v) is 26.0.